The maximum Gasteiger partial charge on any atom is 0.330 e. The quantitative estimate of drug-likeness (QED) is 0.551. The van der Waals surface area contributed by atoms with Crippen molar-refractivity contribution < 1.29 is 4.74 Å². The lowest BCUT2D eigenvalue weighted by Gasteiger charge is -2.09. The zero-order chi connectivity index (χ0) is 19.5. The van der Waals surface area contributed by atoms with Gasteiger partial charge in [0, 0.05) is 31.6 Å². The Kier molecular flexibility index (Phi) is 4.86. The highest BCUT2D eigenvalue weighted by Gasteiger charge is 2.19. The molecule has 3 aromatic heterocycles. The lowest BCUT2D eigenvalue weighted by Crippen LogP contribution is -2.32. The summed E-state index contributed by atoms with van der Waals surface area (Å²) in [6.45, 7) is 1.07. The maximum atomic E-state index is 12.7. The van der Waals surface area contributed by atoms with E-state index in [0.29, 0.717) is 36.7 Å². The van der Waals surface area contributed by atoms with Crippen LogP contribution < -0.4 is 11.2 Å². The van der Waals surface area contributed by atoms with Gasteiger partial charge in [0.1, 0.15) is 5.82 Å². The monoisotopic (exact) mass is 377 g/mol. The third kappa shape index (κ3) is 3.25. The molecule has 0 aliphatic rings. The van der Waals surface area contributed by atoms with E-state index in [2.05, 4.69) is 15.0 Å². The lowest BCUT2D eigenvalue weighted by molar-refractivity contribution is 0.187. The van der Waals surface area contributed by atoms with E-state index in [4.69, 9.17) is 4.74 Å². The normalized spacial score (nSPS) is 11.2. The van der Waals surface area contributed by atoms with Crippen LogP contribution in [0, 0.1) is 0 Å². The molecule has 0 radical (unpaired) electrons. The summed E-state index contributed by atoms with van der Waals surface area (Å²) < 4.78 is 8.37. The third-order valence-corrected chi connectivity index (χ3v) is 4.53. The van der Waals surface area contributed by atoms with Crippen LogP contribution in [-0.2, 0) is 17.8 Å². The fourth-order valence-corrected chi connectivity index (χ4v) is 3.20. The summed E-state index contributed by atoms with van der Waals surface area (Å²) in [6.07, 6.45) is 3.34. The van der Waals surface area contributed by atoms with Crippen molar-refractivity contribution in [3.05, 3.63) is 81.3 Å². The molecule has 0 unspecified atom stereocenters. The highest BCUT2D eigenvalue weighted by molar-refractivity contribution is 5.77. The zero-order valence-corrected chi connectivity index (χ0v) is 15.3. The van der Waals surface area contributed by atoms with Crippen LogP contribution in [0.4, 0.5) is 0 Å². The Hall–Kier alpha value is -3.52. The minimum absolute atomic E-state index is 0.292. The van der Waals surface area contributed by atoms with Crippen molar-refractivity contribution in [3.8, 4) is 11.4 Å². The van der Waals surface area contributed by atoms with Gasteiger partial charge in [-0.1, -0.05) is 30.3 Å². The van der Waals surface area contributed by atoms with E-state index in [9.17, 15) is 9.59 Å². The molecule has 4 aromatic rings. The van der Waals surface area contributed by atoms with Gasteiger partial charge in [0.2, 0.25) is 0 Å². The van der Waals surface area contributed by atoms with E-state index in [1.54, 1.807) is 19.5 Å². The van der Waals surface area contributed by atoms with E-state index in [-0.39, 0.29) is 0 Å². The van der Waals surface area contributed by atoms with Crippen molar-refractivity contribution in [3.63, 3.8) is 0 Å². The lowest BCUT2D eigenvalue weighted by atomic mass is 10.2. The first-order chi connectivity index (χ1) is 13.7. The summed E-state index contributed by atoms with van der Waals surface area (Å²) in [5.74, 6) is 0.600. The molecule has 4 rings (SSSR count). The summed E-state index contributed by atoms with van der Waals surface area (Å²) in [4.78, 5) is 36.2. The molecular weight excluding hydrogens is 358 g/mol. The van der Waals surface area contributed by atoms with Gasteiger partial charge in [0.25, 0.3) is 5.56 Å². The molecule has 142 valence electrons. The van der Waals surface area contributed by atoms with Gasteiger partial charge in [0.05, 0.1) is 13.2 Å². The molecule has 1 aromatic carbocycles. The first kappa shape index (κ1) is 17.9. The number of methoxy groups -OCH3 is 1. The second-order valence-electron chi connectivity index (χ2n) is 6.32. The molecule has 3 heterocycles. The predicted octanol–water partition coefficient (Wildman–Crippen LogP) is 1.64. The van der Waals surface area contributed by atoms with Gasteiger partial charge in [-0.25, -0.2) is 9.78 Å². The number of pyridine rings is 1. The molecule has 8 nitrogen and oxygen atoms in total. The molecule has 0 spiro atoms. The van der Waals surface area contributed by atoms with E-state index in [1.165, 1.54) is 4.57 Å². The first-order valence-corrected chi connectivity index (χ1v) is 8.85. The minimum Gasteiger partial charge on any atom is -0.383 e. The van der Waals surface area contributed by atoms with Crippen molar-refractivity contribution in [2.45, 2.75) is 13.1 Å². The molecule has 28 heavy (non-hydrogen) atoms. The van der Waals surface area contributed by atoms with Gasteiger partial charge < -0.3 is 9.30 Å². The highest BCUT2D eigenvalue weighted by atomic mass is 16.5. The highest BCUT2D eigenvalue weighted by Crippen LogP contribution is 2.23. The fourth-order valence-electron chi connectivity index (χ4n) is 3.20. The Labute approximate surface area is 160 Å². The molecular formula is C20H19N5O3. The number of benzene rings is 1. The van der Waals surface area contributed by atoms with Gasteiger partial charge in [0.15, 0.2) is 11.2 Å². The standard InChI is InChI=1S/C20H19N5O3/c1-28-12-11-24-18-16(19(26)23-20(24)27)25(13-14-5-3-2-4-6-14)17(22-18)15-7-9-21-10-8-15/h2-10H,11-13H2,1H3,(H,23,26,27). The largest absolute Gasteiger partial charge is 0.383 e. The molecule has 0 fully saturated rings. The minimum atomic E-state index is -0.500. The Morgan fingerprint density at radius 2 is 1.79 bits per heavy atom. The van der Waals surface area contributed by atoms with E-state index in [1.807, 2.05) is 47.0 Å². The van der Waals surface area contributed by atoms with Gasteiger partial charge >= 0.3 is 5.69 Å². The Bertz CT molecular complexity index is 1210. The average Bonchev–Trinajstić information content (AvgIpc) is 3.09. The molecule has 0 aliphatic carbocycles. The number of rotatable bonds is 6. The van der Waals surface area contributed by atoms with E-state index >= 15 is 0 Å². The number of hydrogen-bond acceptors (Lipinski definition) is 5. The van der Waals surface area contributed by atoms with Crippen molar-refractivity contribution in [1.29, 1.82) is 0 Å². The maximum absolute atomic E-state index is 12.7. The predicted molar refractivity (Wildman–Crippen MR) is 105 cm³/mol. The number of nitrogens with zero attached hydrogens (tertiary/aromatic N) is 4. The van der Waals surface area contributed by atoms with Crippen LogP contribution in [0.2, 0.25) is 0 Å². The van der Waals surface area contributed by atoms with Gasteiger partial charge in [-0.2, -0.15) is 0 Å². The van der Waals surface area contributed by atoms with Gasteiger partial charge in [-0.3, -0.25) is 19.3 Å². The van der Waals surface area contributed by atoms with Crippen molar-refractivity contribution in [2.75, 3.05) is 13.7 Å². The van der Waals surface area contributed by atoms with Crippen molar-refractivity contribution in [1.82, 2.24) is 24.1 Å². The van der Waals surface area contributed by atoms with Crippen LogP contribution in [-0.4, -0.2) is 37.8 Å². The summed E-state index contributed by atoms with van der Waals surface area (Å²) in [7, 11) is 1.56. The molecule has 0 amide bonds. The number of aromatic nitrogens is 5. The molecule has 0 saturated heterocycles. The molecule has 0 atom stereocenters. The van der Waals surface area contributed by atoms with Crippen molar-refractivity contribution in [2.24, 2.45) is 0 Å². The SMILES string of the molecule is COCCn1c(=O)[nH]c(=O)c2c1nc(-c1ccncc1)n2Cc1ccccc1. The molecule has 0 saturated carbocycles. The molecule has 0 aliphatic heterocycles. The van der Waals surface area contributed by atoms with Crippen LogP contribution in [0.1, 0.15) is 5.56 Å². The molecule has 1 N–H and O–H groups in total. The topological polar surface area (TPSA) is 94.8 Å². The summed E-state index contributed by atoms with van der Waals surface area (Å²) in [5, 5.41) is 0. The van der Waals surface area contributed by atoms with Crippen LogP contribution in [0.15, 0.2) is 64.4 Å². The average molecular weight is 377 g/mol. The number of ether oxygens (including phenoxy) is 1. The molecule has 0 bridgehead atoms. The Balaban J connectivity index is 2.00. The van der Waals surface area contributed by atoms with Gasteiger partial charge in [-0.05, 0) is 17.7 Å². The Morgan fingerprint density at radius 1 is 1.04 bits per heavy atom. The second-order valence-corrected chi connectivity index (χ2v) is 6.32. The fraction of sp³-hybridized carbons (Fsp3) is 0.200. The smallest absolute Gasteiger partial charge is 0.330 e. The van der Waals surface area contributed by atoms with Crippen molar-refractivity contribution >= 4 is 11.2 Å². The third-order valence-electron chi connectivity index (χ3n) is 4.53. The first-order valence-electron chi connectivity index (χ1n) is 8.85. The zero-order valence-electron chi connectivity index (χ0n) is 15.3. The summed E-state index contributed by atoms with van der Waals surface area (Å²) >= 11 is 0. The summed E-state index contributed by atoms with van der Waals surface area (Å²) in [5.41, 5.74) is 1.57. The number of imidazole rings is 1. The van der Waals surface area contributed by atoms with Crippen LogP contribution in [0.25, 0.3) is 22.6 Å². The van der Waals surface area contributed by atoms with Crippen LogP contribution >= 0.6 is 0 Å². The van der Waals surface area contributed by atoms with E-state index < -0.39 is 11.2 Å². The number of hydrogen-bond donors (Lipinski definition) is 1. The Morgan fingerprint density at radius 3 is 2.50 bits per heavy atom. The van der Waals surface area contributed by atoms with E-state index in [0.717, 1.165) is 11.1 Å². The van der Waals surface area contributed by atoms with Crippen LogP contribution in [0.5, 0.6) is 0 Å². The number of aromatic amines is 1. The van der Waals surface area contributed by atoms with Crippen LogP contribution in [0.3, 0.4) is 0 Å². The van der Waals surface area contributed by atoms with Gasteiger partial charge in [-0.15, -0.1) is 0 Å². The second kappa shape index (κ2) is 7.61. The number of fused-ring (bicyclic) bond motifs is 1. The summed E-state index contributed by atoms with van der Waals surface area (Å²) in [6, 6.07) is 13.4. The number of nitrogens with one attached hydrogen (secondary N) is 1. The molecule has 8 heteroatoms. The number of H-pyrrole nitrogens is 1.